The Labute approximate surface area is 157 Å². The van der Waals surface area contributed by atoms with Gasteiger partial charge in [0.05, 0.1) is 12.7 Å². The highest BCUT2D eigenvalue weighted by molar-refractivity contribution is 7.97. The molecule has 1 rings (SSSR count). The molecule has 0 aromatic rings. The summed E-state index contributed by atoms with van der Waals surface area (Å²) in [5, 5.41) is 48.9. The summed E-state index contributed by atoms with van der Waals surface area (Å²) in [6.45, 7) is 1.63. The second-order valence-electron chi connectivity index (χ2n) is 6.62. The van der Waals surface area contributed by atoms with Crippen molar-refractivity contribution < 1.29 is 42.7 Å². The predicted molar refractivity (Wildman–Crippen MR) is 97.2 cm³/mol. The van der Waals surface area contributed by atoms with Crippen LogP contribution in [0.25, 0.3) is 0 Å². The van der Waals surface area contributed by atoms with Gasteiger partial charge in [0.2, 0.25) is 0 Å². The third-order valence-electron chi connectivity index (χ3n) is 4.50. The van der Waals surface area contributed by atoms with Crippen molar-refractivity contribution in [1.29, 1.82) is 0 Å². The number of unbranched alkanes of at least 4 members (excludes halogenated alkanes) is 3. The second kappa shape index (κ2) is 11.1. The van der Waals surface area contributed by atoms with Crippen molar-refractivity contribution in [3.8, 4) is 0 Å². The first kappa shape index (κ1) is 24.1. The zero-order valence-corrected chi connectivity index (χ0v) is 16.5. The van der Waals surface area contributed by atoms with Crippen molar-refractivity contribution in [1.82, 2.24) is 0 Å². The minimum absolute atomic E-state index is 0.0778. The molecule has 0 saturated carbocycles. The van der Waals surface area contributed by atoms with E-state index in [1.807, 2.05) is 6.92 Å². The van der Waals surface area contributed by atoms with Gasteiger partial charge in [-0.15, -0.1) is 0 Å². The molecule has 1 aliphatic rings. The van der Waals surface area contributed by atoms with Crippen molar-refractivity contribution >= 4 is 21.3 Å². The van der Waals surface area contributed by atoms with E-state index in [4.69, 9.17) is 4.55 Å². The van der Waals surface area contributed by atoms with Gasteiger partial charge in [0.25, 0.3) is 0 Å². The normalized spacial score (nSPS) is 30.3. The molecule has 0 spiro atoms. The van der Waals surface area contributed by atoms with Crippen LogP contribution in [0.15, 0.2) is 0 Å². The predicted octanol–water partition coefficient (Wildman–Crippen LogP) is -1.42. The quantitative estimate of drug-likeness (QED) is 0.126. The summed E-state index contributed by atoms with van der Waals surface area (Å²) in [5.74, 6) is 0.0696. The van der Waals surface area contributed by atoms with Crippen LogP contribution in [0.1, 0.15) is 39.0 Å². The lowest BCUT2D eigenvalue weighted by molar-refractivity contribution is -0.0402. The van der Waals surface area contributed by atoms with Crippen LogP contribution in [0.5, 0.6) is 0 Å². The SMILES string of the molecule is CCCCCC[C@@H](O)[C@H](OS(=O)(=O)O)[C@H](O)C[S+]1C[C@@H](O)[C@H](O)[C@H]1CO. The highest BCUT2D eigenvalue weighted by Crippen LogP contribution is 2.26. The monoisotopic (exact) mass is 419 g/mol. The molecule has 0 aromatic carbocycles. The van der Waals surface area contributed by atoms with Crippen molar-refractivity contribution in [2.24, 2.45) is 0 Å². The van der Waals surface area contributed by atoms with Gasteiger partial charge in [-0.25, -0.2) is 4.18 Å². The van der Waals surface area contributed by atoms with Gasteiger partial charge in [0.15, 0.2) is 5.25 Å². The van der Waals surface area contributed by atoms with Crippen LogP contribution in [-0.2, 0) is 25.5 Å². The molecule has 1 aliphatic heterocycles. The van der Waals surface area contributed by atoms with E-state index in [1.54, 1.807) is 0 Å². The van der Waals surface area contributed by atoms with Crippen LogP contribution >= 0.6 is 0 Å². The Kier molecular flexibility index (Phi) is 10.3. The van der Waals surface area contributed by atoms with Gasteiger partial charge in [-0.1, -0.05) is 32.6 Å². The number of hydrogen-bond acceptors (Lipinski definition) is 8. The molecule has 6 N–H and O–H groups in total. The smallest absolute Gasteiger partial charge is 0.391 e. The van der Waals surface area contributed by atoms with E-state index in [0.29, 0.717) is 6.42 Å². The highest BCUT2D eigenvalue weighted by Gasteiger charge is 2.51. The summed E-state index contributed by atoms with van der Waals surface area (Å²) in [5.41, 5.74) is 0. The van der Waals surface area contributed by atoms with Gasteiger partial charge < -0.3 is 25.5 Å². The third-order valence-corrected chi connectivity index (χ3v) is 7.79. The lowest BCUT2D eigenvalue weighted by Gasteiger charge is -2.26. The zero-order chi connectivity index (χ0) is 19.9. The van der Waals surface area contributed by atoms with E-state index >= 15 is 0 Å². The van der Waals surface area contributed by atoms with Crippen molar-refractivity contribution in [3.05, 3.63) is 0 Å². The van der Waals surface area contributed by atoms with E-state index < -0.39 is 63.7 Å². The molecule has 156 valence electrons. The first-order valence-corrected chi connectivity index (χ1v) is 11.7. The van der Waals surface area contributed by atoms with Gasteiger partial charge in [-0.05, 0) is 6.42 Å². The van der Waals surface area contributed by atoms with E-state index in [0.717, 1.165) is 19.3 Å². The Morgan fingerprint density at radius 1 is 1.15 bits per heavy atom. The molecule has 1 heterocycles. The van der Waals surface area contributed by atoms with Crippen molar-refractivity contribution in [2.45, 2.75) is 74.8 Å². The van der Waals surface area contributed by atoms with Gasteiger partial charge in [-0.3, -0.25) is 4.55 Å². The number of aliphatic hydroxyl groups is 5. The molecular formula is C15H31O9S2+. The average molecular weight is 420 g/mol. The van der Waals surface area contributed by atoms with E-state index in [2.05, 4.69) is 4.18 Å². The molecule has 0 bridgehead atoms. The summed E-state index contributed by atoms with van der Waals surface area (Å²) in [7, 11) is -5.69. The van der Waals surface area contributed by atoms with E-state index in [-0.39, 0.29) is 17.9 Å². The van der Waals surface area contributed by atoms with Gasteiger partial charge >= 0.3 is 10.4 Å². The van der Waals surface area contributed by atoms with Crippen LogP contribution in [0, 0.1) is 0 Å². The molecule has 1 fully saturated rings. The van der Waals surface area contributed by atoms with Crippen molar-refractivity contribution in [2.75, 3.05) is 18.1 Å². The van der Waals surface area contributed by atoms with Crippen molar-refractivity contribution in [3.63, 3.8) is 0 Å². The van der Waals surface area contributed by atoms with Crippen LogP contribution in [0.3, 0.4) is 0 Å². The molecule has 11 heteroatoms. The first-order chi connectivity index (χ1) is 12.1. The molecule has 1 saturated heterocycles. The van der Waals surface area contributed by atoms with Gasteiger partial charge in [0, 0.05) is 10.9 Å². The Morgan fingerprint density at radius 3 is 2.35 bits per heavy atom. The molecule has 0 aliphatic carbocycles. The molecule has 7 atom stereocenters. The van der Waals surface area contributed by atoms with Crippen LogP contribution < -0.4 is 0 Å². The topological polar surface area (TPSA) is 165 Å². The maximum Gasteiger partial charge on any atom is 0.397 e. The minimum atomic E-state index is -4.89. The summed E-state index contributed by atoms with van der Waals surface area (Å²) in [6.07, 6.45) is -2.92. The molecule has 0 aromatic heterocycles. The molecule has 9 nitrogen and oxygen atoms in total. The highest BCUT2D eigenvalue weighted by atomic mass is 32.3. The van der Waals surface area contributed by atoms with Crippen LogP contribution in [0.2, 0.25) is 0 Å². The maximum absolute atomic E-state index is 11.1. The largest absolute Gasteiger partial charge is 0.397 e. The standard InChI is InChI=1S/C15H30O9S2/c1-2-3-4-5-6-10(17)15(24-26(21,22)23)12(19)9-25-8-11(18)14(20)13(25)7-16/h10-20H,2-9H2,1H3/p+1/t10-,11-,12-,13-,14+,15+,25?/m1/s1. The fourth-order valence-corrected chi connectivity index (χ4v) is 6.29. The Morgan fingerprint density at radius 2 is 1.81 bits per heavy atom. The average Bonchev–Trinajstić information content (AvgIpc) is 2.81. The van der Waals surface area contributed by atoms with Crippen LogP contribution in [0.4, 0.5) is 0 Å². The lowest BCUT2D eigenvalue weighted by Crippen LogP contribution is -2.46. The van der Waals surface area contributed by atoms with Gasteiger partial charge in [0.1, 0.15) is 35.9 Å². The molecule has 0 amide bonds. The Bertz CT molecular complexity index is 501. The number of aliphatic hydroxyl groups excluding tert-OH is 5. The summed E-state index contributed by atoms with van der Waals surface area (Å²) >= 11 is 0. The molecule has 26 heavy (non-hydrogen) atoms. The summed E-state index contributed by atoms with van der Waals surface area (Å²) in [6, 6.07) is 0. The zero-order valence-electron chi connectivity index (χ0n) is 14.8. The Balaban J connectivity index is 2.75. The summed E-state index contributed by atoms with van der Waals surface area (Å²) in [4.78, 5) is 0. The summed E-state index contributed by atoms with van der Waals surface area (Å²) < 4.78 is 35.6. The minimum Gasteiger partial charge on any atom is -0.391 e. The molecular weight excluding hydrogens is 388 g/mol. The first-order valence-electron chi connectivity index (χ1n) is 8.75. The third kappa shape index (κ3) is 7.56. The number of rotatable bonds is 12. The van der Waals surface area contributed by atoms with E-state index in [9.17, 15) is 34.0 Å². The Hall–Kier alpha value is 0.0200. The molecule has 0 radical (unpaired) electrons. The second-order valence-corrected chi connectivity index (χ2v) is 10.0. The van der Waals surface area contributed by atoms with Crippen LogP contribution in [-0.4, -0.2) is 92.4 Å². The van der Waals surface area contributed by atoms with Gasteiger partial charge in [-0.2, -0.15) is 8.42 Å². The maximum atomic E-state index is 11.1. The van der Waals surface area contributed by atoms with E-state index in [1.165, 1.54) is 0 Å². The lowest BCUT2D eigenvalue weighted by atomic mass is 10.0. The fraction of sp³-hybridized carbons (Fsp3) is 1.00. The fourth-order valence-electron chi connectivity index (χ4n) is 3.08. The molecule has 1 unspecified atom stereocenters. The number of hydrogen-bond donors (Lipinski definition) is 6.